The number of hydrogen-bond acceptors (Lipinski definition) is 4. The summed E-state index contributed by atoms with van der Waals surface area (Å²) in [5.41, 5.74) is 4.09. The van der Waals surface area contributed by atoms with Crippen molar-refractivity contribution in [2.24, 2.45) is 5.10 Å². The molecule has 2 aromatic rings. The highest BCUT2D eigenvalue weighted by Gasteiger charge is 2.28. The van der Waals surface area contributed by atoms with Gasteiger partial charge < -0.3 is 9.64 Å². The van der Waals surface area contributed by atoms with Gasteiger partial charge in [0.1, 0.15) is 0 Å². The van der Waals surface area contributed by atoms with E-state index in [-0.39, 0.29) is 5.91 Å². The average Bonchev–Trinajstić information content (AvgIpc) is 2.97. The number of morpholine rings is 1. The molecule has 0 aromatic heterocycles. The number of anilines is 2. The van der Waals surface area contributed by atoms with Crippen molar-refractivity contribution in [2.45, 2.75) is 6.92 Å². The lowest BCUT2D eigenvalue weighted by molar-refractivity contribution is -0.114. The van der Waals surface area contributed by atoms with Crippen molar-refractivity contribution in [3.63, 3.8) is 0 Å². The zero-order valence-electron chi connectivity index (χ0n) is 15.1. The SMILES string of the molecule is CC1=NN(c2cccc(Cl)c2)C(=O)C1=Cc1ccc(N2CCOCC2)cc1. The van der Waals surface area contributed by atoms with Crippen LogP contribution in [0.15, 0.2) is 59.2 Å². The third-order valence-electron chi connectivity index (χ3n) is 4.70. The van der Waals surface area contributed by atoms with E-state index in [4.69, 9.17) is 16.3 Å². The quantitative estimate of drug-likeness (QED) is 0.755. The molecule has 0 radical (unpaired) electrons. The predicted molar refractivity (Wildman–Crippen MR) is 109 cm³/mol. The Kier molecular flexibility index (Phi) is 4.97. The molecule has 0 bridgehead atoms. The maximum absolute atomic E-state index is 12.8. The first-order chi connectivity index (χ1) is 13.1. The summed E-state index contributed by atoms with van der Waals surface area (Å²) in [5.74, 6) is -0.146. The smallest absolute Gasteiger partial charge is 0.280 e. The lowest BCUT2D eigenvalue weighted by Gasteiger charge is -2.28. The molecule has 2 aliphatic heterocycles. The number of halogens is 1. The molecule has 4 rings (SSSR count). The van der Waals surface area contributed by atoms with Crippen molar-refractivity contribution in [1.29, 1.82) is 0 Å². The topological polar surface area (TPSA) is 45.1 Å². The first-order valence-corrected chi connectivity index (χ1v) is 9.30. The molecule has 0 unspecified atom stereocenters. The maximum atomic E-state index is 12.8. The number of carbonyl (C=O) groups is 1. The molecule has 0 saturated carbocycles. The Bertz CT molecular complexity index is 915. The first-order valence-electron chi connectivity index (χ1n) is 8.92. The van der Waals surface area contributed by atoms with Crippen molar-refractivity contribution in [3.05, 3.63) is 64.7 Å². The number of benzene rings is 2. The fraction of sp³-hybridized carbons (Fsp3) is 0.238. The molecule has 6 heteroatoms. The summed E-state index contributed by atoms with van der Waals surface area (Å²) >= 11 is 6.04. The second-order valence-corrected chi connectivity index (χ2v) is 6.97. The number of amides is 1. The van der Waals surface area contributed by atoms with Crippen molar-refractivity contribution >= 4 is 40.7 Å². The van der Waals surface area contributed by atoms with Crippen LogP contribution >= 0.6 is 11.6 Å². The summed E-state index contributed by atoms with van der Waals surface area (Å²) < 4.78 is 5.40. The summed E-state index contributed by atoms with van der Waals surface area (Å²) in [6, 6.07) is 15.4. The van der Waals surface area contributed by atoms with Crippen molar-refractivity contribution in [1.82, 2.24) is 0 Å². The molecule has 0 atom stereocenters. The van der Waals surface area contributed by atoms with E-state index in [1.54, 1.807) is 12.1 Å². The van der Waals surface area contributed by atoms with Gasteiger partial charge in [-0.3, -0.25) is 4.79 Å². The molecule has 1 fully saturated rings. The molecule has 138 valence electrons. The minimum Gasteiger partial charge on any atom is -0.378 e. The van der Waals surface area contributed by atoms with Crippen LogP contribution in [0.3, 0.4) is 0 Å². The van der Waals surface area contributed by atoms with E-state index in [1.165, 1.54) is 10.7 Å². The second-order valence-electron chi connectivity index (χ2n) is 6.53. The first kappa shape index (κ1) is 17.8. The van der Waals surface area contributed by atoms with E-state index in [1.807, 2.05) is 37.3 Å². The molecule has 1 saturated heterocycles. The van der Waals surface area contributed by atoms with Crippen molar-refractivity contribution < 1.29 is 9.53 Å². The third kappa shape index (κ3) is 3.75. The fourth-order valence-corrected chi connectivity index (χ4v) is 3.42. The molecular formula is C21H20ClN3O2. The number of nitrogens with zero attached hydrogens (tertiary/aromatic N) is 3. The highest BCUT2D eigenvalue weighted by atomic mass is 35.5. The van der Waals surface area contributed by atoms with Gasteiger partial charge in [-0.05, 0) is 48.9 Å². The van der Waals surface area contributed by atoms with Gasteiger partial charge in [0.05, 0.1) is 30.2 Å². The van der Waals surface area contributed by atoms with Crippen LogP contribution in [0, 0.1) is 0 Å². The normalized spacial score (nSPS) is 19.0. The van der Waals surface area contributed by atoms with Crippen molar-refractivity contribution in [2.75, 3.05) is 36.2 Å². The molecule has 1 amide bonds. The number of hydrogen-bond donors (Lipinski definition) is 0. The summed E-state index contributed by atoms with van der Waals surface area (Å²) in [6.07, 6.45) is 1.88. The molecule has 2 aliphatic rings. The Morgan fingerprint density at radius 1 is 1.07 bits per heavy atom. The third-order valence-corrected chi connectivity index (χ3v) is 4.93. The molecule has 0 aliphatic carbocycles. The van der Waals surface area contributed by atoms with Gasteiger partial charge in [0.2, 0.25) is 0 Å². The van der Waals surface area contributed by atoms with E-state index >= 15 is 0 Å². The Morgan fingerprint density at radius 2 is 1.81 bits per heavy atom. The van der Waals surface area contributed by atoms with Gasteiger partial charge >= 0.3 is 0 Å². The highest BCUT2D eigenvalue weighted by molar-refractivity contribution is 6.33. The summed E-state index contributed by atoms with van der Waals surface area (Å²) in [7, 11) is 0. The van der Waals surface area contributed by atoms with Crippen LogP contribution in [0.25, 0.3) is 6.08 Å². The van der Waals surface area contributed by atoms with Gasteiger partial charge in [-0.25, -0.2) is 0 Å². The summed E-state index contributed by atoms with van der Waals surface area (Å²) in [6.45, 7) is 5.17. The second kappa shape index (κ2) is 7.55. The van der Waals surface area contributed by atoms with E-state index in [0.29, 0.717) is 22.0 Å². The van der Waals surface area contributed by atoms with Gasteiger partial charge in [0.15, 0.2) is 0 Å². The summed E-state index contributed by atoms with van der Waals surface area (Å²) in [4.78, 5) is 15.1. The van der Waals surface area contributed by atoms with Crippen LogP contribution in [0.5, 0.6) is 0 Å². The van der Waals surface area contributed by atoms with E-state index in [0.717, 1.165) is 31.9 Å². The van der Waals surface area contributed by atoms with Crippen LogP contribution < -0.4 is 9.91 Å². The zero-order valence-corrected chi connectivity index (χ0v) is 15.8. The molecular weight excluding hydrogens is 362 g/mol. The molecule has 2 heterocycles. The molecule has 27 heavy (non-hydrogen) atoms. The zero-order chi connectivity index (χ0) is 18.8. The highest BCUT2D eigenvalue weighted by Crippen LogP contribution is 2.27. The number of rotatable bonds is 3. The number of hydrazone groups is 1. The van der Waals surface area contributed by atoms with E-state index in [2.05, 4.69) is 22.1 Å². The van der Waals surface area contributed by atoms with Gasteiger partial charge in [-0.1, -0.05) is 29.8 Å². The molecule has 2 aromatic carbocycles. The number of carbonyl (C=O) groups excluding carboxylic acids is 1. The standard InChI is InChI=1S/C21H20ClN3O2/c1-15-20(21(26)25(23-15)19-4-2-3-17(22)14-19)13-16-5-7-18(8-6-16)24-9-11-27-12-10-24/h2-8,13-14H,9-12H2,1H3. The monoisotopic (exact) mass is 381 g/mol. The van der Waals surface area contributed by atoms with E-state index < -0.39 is 0 Å². The number of ether oxygens (including phenoxy) is 1. The van der Waals surface area contributed by atoms with Crippen LogP contribution in [0.1, 0.15) is 12.5 Å². The Morgan fingerprint density at radius 3 is 2.52 bits per heavy atom. The van der Waals surface area contributed by atoms with Crippen LogP contribution in [-0.4, -0.2) is 37.9 Å². The van der Waals surface area contributed by atoms with Crippen LogP contribution in [0.4, 0.5) is 11.4 Å². The van der Waals surface area contributed by atoms with E-state index in [9.17, 15) is 4.79 Å². The maximum Gasteiger partial charge on any atom is 0.280 e. The fourth-order valence-electron chi connectivity index (χ4n) is 3.24. The lowest BCUT2D eigenvalue weighted by Crippen LogP contribution is -2.36. The van der Waals surface area contributed by atoms with Crippen LogP contribution in [0.2, 0.25) is 5.02 Å². The van der Waals surface area contributed by atoms with Crippen molar-refractivity contribution in [3.8, 4) is 0 Å². The molecule has 0 spiro atoms. The summed E-state index contributed by atoms with van der Waals surface area (Å²) in [5, 5.41) is 6.37. The van der Waals surface area contributed by atoms with Gasteiger partial charge in [0.25, 0.3) is 5.91 Å². The minimum absolute atomic E-state index is 0.146. The Hall–Kier alpha value is -2.63. The van der Waals surface area contributed by atoms with Gasteiger partial charge in [0, 0.05) is 23.8 Å². The average molecular weight is 382 g/mol. The molecule has 0 N–H and O–H groups in total. The van der Waals surface area contributed by atoms with Gasteiger partial charge in [-0.15, -0.1) is 0 Å². The van der Waals surface area contributed by atoms with Gasteiger partial charge in [-0.2, -0.15) is 10.1 Å². The Labute approximate surface area is 163 Å². The molecule has 5 nitrogen and oxygen atoms in total. The van der Waals surface area contributed by atoms with Crippen LogP contribution in [-0.2, 0) is 9.53 Å². The Balaban J connectivity index is 1.55. The minimum atomic E-state index is -0.146. The predicted octanol–water partition coefficient (Wildman–Crippen LogP) is 3.98. The lowest BCUT2D eigenvalue weighted by atomic mass is 10.1. The largest absolute Gasteiger partial charge is 0.378 e.